The molecule has 0 spiro atoms. The molecule has 2 fully saturated rings. The molecule has 0 atom stereocenters. The fourth-order valence-electron chi connectivity index (χ4n) is 5.69. The molecule has 0 saturated heterocycles. The van der Waals surface area contributed by atoms with Crippen LogP contribution in [0.3, 0.4) is 0 Å². The molecule has 1 aromatic heterocycles. The summed E-state index contributed by atoms with van der Waals surface area (Å²) in [7, 11) is 0. The molecule has 2 aliphatic rings. The first-order valence-corrected chi connectivity index (χ1v) is 13.4. The Bertz CT molecular complexity index is 960. The van der Waals surface area contributed by atoms with Crippen molar-refractivity contribution in [2.45, 2.75) is 110 Å². The molecule has 2 saturated carbocycles. The lowest BCUT2D eigenvalue weighted by molar-refractivity contribution is -0.138. The molecule has 1 aromatic carbocycles. The Labute approximate surface area is 204 Å². The van der Waals surface area contributed by atoms with E-state index >= 15 is 0 Å². The van der Waals surface area contributed by atoms with Gasteiger partial charge in [0.1, 0.15) is 12.4 Å². The van der Waals surface area contributed by atoms with Gasteiger partial charge >= 0.3 is 0 Å². The van der Waals surface area contributed by atoms with Crippen molar-refractivity contribution < 1.29 is 9.59 Å². The maximum Gasteiger partial charge on any atom is 0.243 e. The molecule has 0 radical (unpaired) electrons. The standard InChI is InChI=1S/C28H42N4O2/c1-28(2,3)27(34)29-19-18-25-30-23-16-10-11-17-24(23)31(25)20-26(33)32(21-12-6-4-7-13-21)22-14-8-5-9-15-22/h10-11,16-17,21-22H,4-9,12-15,18-20H2,1-3H3,(H,29,34). The second kappa shape index (κ2) is 10.9. The van der Waals surface area contributed by atoms with Crippen molar-refractivity contribution >= 4 is 22.8 Å². The van der Waals surface area contributed by atoms with Crippen LogP contribution in [0.25, 0.3) is 11.0 Å². The lowest BCUT2D eigenvalue weighted by atomic mass is 9.88. The number of carbonyl (C=O) groups is 2. The Balaban J connectivity index is 1.55. The molecule has 1 heterocycles. The molecule has 2 amide bonds. The quantitative estimate of drug-likeness (QED) is 0.607. The summed E-state index contributed by atoms with van der Waals surface area (Å²) in [6, 6.07) is 8.83. The summed E-state index contributed by atoms with van der Waals surface area (Å²) in [5.74, 6) is 1.14. The van der Waals surface area contributed by atoms with E-state index in [-0.39, 0.29) is 11.8 Å². The number of hydrogen-bond donors (Lipinski definition) is 1. The number of para-hydroxylation sites is 2. The summed E-state index contributed by atoms with van der Waals surface area (Å²) in [6.07, 6.45) is 12.7. The van der Waals surface area contributed by atoms with Crippen LogP contribution in [-0.4, -0.2) is 44.9 Å². The molecule has 0 unspecified atom stereocenters. The van der Waals surface area contributed by atoms with E-state index in [0.29, 0.717) is 31.6 Å². The first-order chi connectivity index (χ1) is 16.3. The second-order valence-electron chi connectivity index (χ2n) is 11.2. The average molecular weight is 467 g/mol. The third kappa shape index (κ3) is 5.81. The van der Waals surface area contributed by atoms with Crippen LogP contribution in [0.1, 0.15) is 90.8 Å². The normalized spacial score (nSPS) is 18.2. The Kier molecular flexibility index (Phi) is 7.95. The van der Waals surface area contributed by atoms with Crippen molar-refractivity contribution in [3.8, 4) is 0 Å². The number of nitrogens with zero attached hydrogens (tertiary/aromatic N) is 3. The molecule has 6 heteroatoms. The van der Waals surface area contributed by atoms with Crippen LogP contribution < -0.4 is 5.32 Å². The molecule has 0 aliphatic heterocycles. The van der Waals surface area contributed by atoms with Crippen molar-refractivity contribution in [2.24, 2.45) is 5.41 Å². The number of imidazole rings is 1. The van der Waals surface area contributed by atoms with E-state index in [0.717, 1.165) is 42.5 Å². The maximum absolute atomic E-state index is 13.9. The summed E-state index contributed by atoms with van der Waals surface area (Å²) in [5.41, 5.74) is 1.49. The first-order valence-electron chi connectivity index (χ1n) is 13.4. The Morgan fingerprint density at radius 1 is 0.971 bits per heavy atom. The molecule has 0 bridgehead atoms. The van der Waals surface area contributed by atoms with Gasteiger partial charge in [-0.05, 0) is 37.8 Å². The van der Waals surface area contributed by atoms with E-state index in [1.165, 1.54) is 38.5 Å². The number of hydrogen-bond acceptors (Lipinski definition) is 3. The molecular formula is C28H42N4O2. The van der Waals surface area contributed by atoms with Crippen molar-refractivity contribution in [2.75, 3.05) is 6.54 Å². The fourth-order valence-corrected chi connectivity index (χ4v) is 5.69. The lowest BCUT2D eigenvalue weighted by Crippen LogP contribution is -2.50. The highest BCUT2D eigenvalue weighted by Gasteiger charge is 2.33. The predicted octanol–water partition coefficient (Wildman–Crippen LogP) is 5.24. The number of fused-ring (bicyclic) bond motifs is 1. The van der Waals surface area contributed by atoms with Crippen molar-refractivity contribution in [3.63, 3.8) is 0 Å². The zero-order chi connectivity index (χ0) is 24.1. The molecule has 6 nitrogen and oxygen atoms in total. The highest BCUT2D eigenvalue weighted by molar-refractivity contribution is 5.82. The van der Waals surface area contributed by atoms with Gasteiger partial charge in [0.2, 0.25) is 11.8 Å². The molecule has 1 N–H and O–H groups in total. The van der Waals surface area contributed by atoms with E-state index in [4.69, 9.17) is 4.98 Å². The third-order valence-electron chi connectivity index (χ3n) is 7.57. The number of benzene rings is 1. The van der Waals surface area contributed by atoms with Gasteiger partial charge in [-0.25, -0.2) is 4.98 Å². The summed E-state index contributed by atoms with van der Waals surface area (Å²) < 4.78 is 2.10. The van der Waals surface area contributed by atoms with Crippen molar-refractivity contribution in [1.82, 2.24) is 19.8 Å². The lowest BCUT2D eigenvalue weighted by Gasteiger charge is -2.42. The van der Waals surface area contributed by atoms with Gasteiger partial charge in [0.25, 0.3) is 0 Å². The first kappa shape index (κ1) is 24.7. The molecule has 186 valence electrons. The highest BCUT2D eigenvalue weighted by Crippen LogP contribution is 2.31. The van der Waals surface area contributed by atoms with E-state index < -0.39 is 5.41 Å². The molecule has 34 heavy (non-hydrogen) atoms. The van der Waals surface area contributed by atoms with Crippen LogP contribution in [0.5, 0.6) is 0 Å². The van der Waals surface area contributed by atoms with Crippen LogP contribution in [0.2, 0.25) is 0 Å². The monoisotopic (exact) mass is 466 g/mol. The van der Waals surface area contributed by atoms with Crippen molar-refractivity contribution in [1.29, 1.82) is 0 Å². The number of amides is 2. The van der Waals surface area contributed by atoms with E-state index in [1.807, 2.05) is 39.0 Å². The van der Waals surface area contributed by atoms with Crippen LogP contribution in [0.4, 0.5) is 0 Å². The topological polar surface area (TPSA) is 67.2 Å². The summed E-state index contributed by atoms with van der Waals surface area (Å²) in [5, 5.41) is 3.03. The third-order valence-corrected chi connectivity index (χ3v) is 7.57. The Morgan fingerprint density at radius 2 is 1.56 bits per heavy atom. The van der Waals surface area contributed by atoms with Gasteiger partial charge in [-0.3, -0.25) is 9.59 Å². The second-order valence-corrected chi connectivity index (χ2v) is 11.2. The Morgan fingerprint density at radius 3 is 2.15 bits per heavy atom. The fraction of sp³-hybridized carbons (Fsp3) is 0.679. The molecule has 4 rings (SSSR count). The smallest absolute Gasteiger partial charge is 0.243 e. The van der Waals surface area contributed by atoms with Gasteiger partial charge in [-0.15, -0.1) is 0 Å². The van der Waals surface area contributed by atoms with Gasteiger partial charge in [0.05, 0.1) is 11.0 Å². The highest BCUT2D eigenvalue weighted by atomic mass is 16.2. The SMILES string of the molecule is CC(C)(C)C(=O)NCCc1nc2ccccc2n1CC(=O)N(C1CCCCC1)C1CCCCC1. The minimum Gasteiger partial charge on any atom is -0.355 e. The summed E-state index contributed by atoms with van der Waals surface area (Å²) in [6.45, 7) is 6.60. The zero-order valence-corrected chi connectivity index (χ0v) is 21.3. The number of rotatable bonds is 7. The maximum atomic E-state index is 13.9. The van der Waals surface area contributed by atoms with E-state index in [9.17, 15) is 9.59 Å². The zero-order valence-electron chi connectivity index (χ0n) is 21.3. The summed E-state index contributed by atoms with van der Waals surface area (Å²) in [4.78, 5) is 33.4. The number of nitrogens with one attached hydrogen (secondary N) is 1. The van der Waals surface area contributed by atoms with Crippen LogP contribution in [0.15, 0.2) is 24.3 Å². The van der Waals surface area contributed by atoms with E-state index in [2.05, 4.69) is 20.9 Å². The average Bonchev–Trinajstić information content (AvgIpc) is 3.17. The van der Waals surface area contributed by atoms with Gasteiger partial charge in [-0.2, -0.15) is 0 Å². The van der Waals surface area contributed by atoms with Crippen LogP contribution in [0, 0.1) is 5.41 Å². The molecule has 2 aromatic rings. The van der Waals surface area contributed by atoms with Gasteiger partial charge in [0, 0.05) is 30.5 Å². The predicted molar refractivity (Wildman–Crippen MR) is 136 cm³/mol. The minimum absolute atomic E-state index is 0.0343. The van der Waals surface area contributed by atoms with Crippen LogP contribution >= 0.6 is 0 Å². The number of carbonyl (C=O) groups excluding carboxylic acids is 2. The molecule has 2 aliphatic carbocycles. The largest absolute Gasteiger partial charge is 0.355 e. The summed E-state index contributed by atoms with van der Waals surface area (Å²) >= 11 is 0. The van der Waals surface area contributed by atoms with E-state index in [1.54, 1.807) is 0 Å². The van der Waals surface area contributed by atoms with Crippen LogP contribution in [-0.2, 0) is 22.6 Å². The Hall–Kier alpha value is -2.37. The van der Waals surface area contributed by atoms with Gasteiger partial charge in [0.15, 0.2) is 0 Å². The van der Waals surface area contributed by atoms with Gasteiger partial charge < -0.3 is 14.8 Å². The van der Waals surface area contributed by atoms with Gasteiger partial charge in [-0.1, -0.05) is 71.4 Å². The minimum atomic E-state index is -0.420. The molecular weight excluding hydrogens is 424 g/mol. The number of aromatic nitrogens is 2. The van der Waals surface area contributed by atoms with Crippen molar-refractivity contribution in [3.05, 3.63) is 30.1 Å².